The first-order chi connectivity index (χ1) is 10.4. The second kappa shape index (κ2) is 5.73. The molecule has 122 valence electrons. The Morgan fingerprint density at radius 2 is 2.09 bits per heavy atom. The minimum atomic E-state index is -0.630. The lowest BCUT2D eigenvalue weighted by atomic mass is 9.72. The Labute approximate surface area is 133 Å². The van der Waals surface area contributed by atoms with Crippen molar-refractivity contribution in [2.24, 2.45) is 13.0 Å². The topological polar surface area (TPSA) is 45.5 Å². The zero-order valence-electron chi connectivity index (χ0n) is 14.0. The maximum absolute atomic E-state index is 13.0. The molecule has 3 atom stereocenters. The van der Waals surface area contributed by atoms with Crippen molar-refractivity contribution in [2.75, 3.05) is 6.54 Å². The van der Waals surface area contributed by atoms with Gasteiger partial charge in [-0.2, -0.15) is 0 Å². The van der Waals surface area contributed by atoms with Crippen LogP contribution < -0.4 is 0 Å². The van der Waals surface area contributed by atoms with Gasteiger partial charge in [0.2, 0.25) is 0 Å². The van der Waals surface area contributed by atoms with Crippen LogP contribution in [0.25, 0.3) is 0 Å². The predicted octanol–water partition coefficient (Wildman–Crippen LogP) is 2.88. The van der Waals surface area contributed by atoms with Gasteiger partial charge in [-0.3, -0.25) is 4.79 Å². The highest BCUT2D eigenvalue weighted by atomic mass is 16.3. The Kier molecular flexibility index (Phi) is 4.06. The first-order valence-electron chi connectivity index (χ1n) is 8.57. The highest BCUT2D eigenvalue weighted by Gasteiger charge is 2.45. The molecule has 1 aliphatic heterocycles. The molecule has 1 saturated heterocycles. The molecule has 22 heavy (non-hydrogen) atoms. The van der Waals surface area contributed by atoms with Gasteiger partial charge in [0, 0.05) is 31.7 Å². The number of carbonyl (C=O) groups excluding carboxylic acids is 1. The quantitative estimate of drug-likeness (QED) is 0.913. The lowest BCUT2D eigenvalue weighted by molar-refractivity contribution is -0.0578. The molecule has 4 heteroatoms. The fourth-order valence-corrected chi connectivity index (χ4v) is 4.52. The van der Waals surface area contributed by atoms with E-state index in [4.69, 9.17) is 0 Å². The van der Waals surface area contributed by atoms with E-state index in [1.807, 2.05) is 42.6 Å². The summed E-state index contributed by atoms with van der Waals surface area (Å²) in [6, 6.07) is 2.19. The van der Waals surface area contributed by atoms with Crippen LogP contribution in [0.4, 0.5) is 0 Å². The van der Waals surface area contributed by atoms with Crippen LogP contribution in [0.2, 0.25) is 0 Å². The van der Waals surface area contributed by atoms with Crippen molar-refractivity contribution in [3.63, 3.8) is 0 Å². The molecule has 1 N–H and O–H groups in total. The van der Waals surface area contributed by atoms with Gasteiger partial charge in [0.25, 0.3) is 5.91 Å². The van der Waals surface area contributed by atoms with Gasteiger partial charge in [-0.05, 0) is 51.2 Å². The van der Waals surface area contributed by atoms with Gasteiger partial charge >= 0.3 is 0 Å². The van der Waals surface area contributed by atoms with Crippen molar-refractivity contribution in [3.8, 4) is 0 Å². The lowest BCUT2D eigenvalue weighted by Gasteiger charge is -2.43. The van der Waals surface area contributed by atoms with Crippen molar-refractivity contribution in [3.05, 3.63) is 23.5 Å². The average molecular weight is 304 g/mol. The molecule has 0 radical (unpaired) electrons. The molecule has 1 aliphatic carbocycles. The number of aliphatic hydroxyl groups is 1. The first kappa shape index (κ1) is 15.6. The molecule has 0 unspecified atom stereocenters. The van der Waals surface area contributed by atoms with Crippen LogP contribution in [0.1, 0.15) is 61.5 Å². The van der Waals surface area contributed by atoms with Crippen molar-refractivity contribution in [2.45, 2.75) is 64.0 Å². The fraction of sp³-hybridized carbons (Fsp3) is 0.722. The van der Waals surface area contributed by atoms with Crippen LogP contribution in [0.5, 0.6) is 0 Å². The Morgan fingerprint density at radius 3 is 2.73 bits per heavy atom. The molecule has 1 aromatic heterocycles. The molecular weight excluding hydrogens is 276 g/mol. The van der Waals surface area contributed by atoms with Gasteiger partial charge < -0.3 is 14.6 Å². The second-order valence-electron chi connectivity index (χ2n) is 7.38. The maximum Gasteiger partial charge on any atom is 0.271 e. The molecule has 0 spiro atoms. The number of aromatic nitrogens is 1. The van der Waals surface area contributed by atoms with E-state index in [9.17, 15) is 9.90 Å². The van der Waals surface area contributed by atoms with Crippen molar-refractivity contribution in [1.29, 1.82) is 0 Å². The van der Waals surface area contributed by atoms with Crippen molar-refractivity contribution >= 4 is 5.91 Å². The van der Waals surface area contributed by atoms with E-state index in [-0.39, 0.29) is 17.9 Å². The van der Waals surface area contributed by atoms with E-state index in [2.05, 4.69) is 0 Å². The third-order valence-corrected chi connectivity index (χ3v) is 5.75. The van der Waals surface area contributed by atoms with E-state index in [0.717, 1.165) is 49.9 Å². The highest BCUT2D eigenvalue weighted by Crippen LogP contribution is 2.41. The highest BCUT2D eigenvalue weighted by molar-refractivity contribution is 5.94. The summed E-state index contributed by atoms with van der Waals surface area (Å²) in [5.74, 6) is 0.349. The number of amides is 1. The second-order valence-corrected chi connectivity index (χ2v) is 7.38. The van der Waals surface area contributed by atoms with Crippen LogP contribution in [-0.2, 0) is 7.05 Å². The number of carbonyl (C=O) groups is 1. The Morgan fingerprint density at radius 1 is 1.32 bits per heavy atom. The lowest BCUT2D eigenvalue weighted by Crippen LogP contribution is -2.50. The maximum atomic E-state index is 13.0. The molecule has 4 nitrogen and oxygen atoms in total. The molecule has 1 aromatic rings. The van der Waals surface area contributed by atoms with E-state index in [0.29, 0.717) is 0 Å². The molecule has 3 rings (SSSR count). The summed E-state index contributed by atoms with van der Waals surface area (Å²) in [6.45, 7) is 4.78. The van der Waals surface area contributed by atoms with Crippen molar-refractivity contribution < 1.29 is 9.90 Å². The fourth-order valence-electron chi connectivity index (χ4n) is 4.52. The minimum Gasteiger partial charge on any atom is -0.390 e. The van der Waals surface area contributed by atoms with Gasteiger partial charge in [-0.25, -0.2) is 0 Å². The molecule has 1 saturated carbocycles. The zero-order chi connectivity index (χ0) is 15.9. The normalized spacial score (nSPS) is 32.5. The number of nitrogens with zero attached hydrogens (tertiary/aromatic N) is 2. The van der Waals surface area contributed by atoms with Crippen LogP contribution in [-0.4, -0.2) is 38.7 Å². The smallest absolute Gasteiger partial charge is 0.271 e. The van der Waals surface area contributed by atoms with Crippen molar-refractivity contribution in [1.82, 2.24) is 9.47 Å². The standard InChI is InChI=1S/C18H28N2O2/c1-13-9-12-19(3)16(13)17(21)20-11-6-8-15(20)14-7-4-5-10-18(14,2)22/h9,12,14-15,22H,4-8,10-11H2,1-3H3/t14-,15+,18+/m0/s1. The summed E-state index contributed by atoms with van der Waals surface area (Å²) in [4.78, 5) is 15.1. The summed E-state index contributed by atoms with van der Waals surface area (Å²) in [5, 5.41) is 10.8. The van der Waals surface area contributed by atoms with Gasteiger partial charge in [0.05, 0.1) is 5.60 Å². The average Bonchev–Trinajstić information content (AvgIpc) is 3.05. The first-order valence-corrected chi connectivity index (χ1v) is 8.57. The minimum absolute atomic E-state index is 0.133. The van der Waals surface area contributed by atoms with Gasteiger partial charge in [-0.15, -0.1) is 0 Å². The summed E-state index contributed by atoms with van der Waals surface area (Å²) in [7, 11) is 1.93. The monoisotopic (exact) mass is 304 g/mol. The summed E-state index contributed by atoms with van der Waals surface area (Å²) < 4.78 is 1.92. The Bertz CT molecular complexity index is 542. The number of hydrogen-bond acceptors (Lipinski definition) is 2. The van der Waals surface area contributed by atoms with E-state index in [1.54, 1.807) is 0 Å². The molecule has 2 heterocycles. The number of aryl methyl sites for hydroxylation is 2. The Hall–Kier alpha value is -1.29. The van der Waals surface area contributed by atoms with Crippen LogP contribution in [0.15, 0.2) is 12.3 Å². The van der Waals surface area contributed by atoms with Gasteiger partial charge in [0.15, 0.2) is 0 Å². The summed E-state index contributed by atoms with van der Waals surface area (Å²) in [5.41, 5.74) is 1.20. The third-order valence-electron chi connectivity index (χ3n) is 5.75. The van der Waals surface area contributed by atoms with Crippen LogP contribution >= 0.6 is 0 Å². The SMILES string of the molecule is Cc1ccn(C)c1C(=O)N1CCC[C@@H]1[C@@H]1CCCC[C@@]1(C)O. The zero-order valence-corrected chi connectivity index (χ0v) is 14.0. The molecule has 2 aliphatic rings. The molecular formula is C18H28N2O2. The van der Waals surface area contributed by atoms with Crippen LogP contribution in [0, 0.1) is 12.8 Å². The summed E-state index contributed by atoms with van der Waals surface area (Å²) in [6.07, 6.45) is 8.18. The summed E-state index contributed by atoms with van der Waals surface area (Å²) >= 11 is 0. The molecule has 0 aromatic carbocycles. The van der Waals surface area contributed by atoms with E-state index in [1.165, 1.54) is 6.42 Å². The van der Waals surface area contributed by atoms with Crippen LogP contribution in [0.3, 0.4) is 0 Å². The van der Waals surface area contributed by atoms with Gasteiger partial charge in [0.1, 0.15) is 5.69 Å². The van der Waals surface area contributed by atoms with E-state index < -0.39 is 5.60 Å². The molecule has 0 bridgehead atoms. The molecule has 1 amide bonds. The molecule has 2 fully saturated rings. The van der Waals surface area contributed by atoms with E-state index >= 15 is 0 Å². The number of hydrogen-bond donors (Lipinski definition) is 1. The Balaban J connectivity index is 1.86. The van der Waals surface area contributed by atoms with Gasteiger partial charge in [-0.1, -0.05) is 12.8 Å². The number of rotatable bonds is 2. The largest absolute Gasteiger partial charge is 0.390 e. The third kappa shape index (κ3) is 2.58. The number of likely N-dealkylation sites (tertiary alicyclic amines) is 1. The predicted molar refractivity (Wildman–Crippen MR) is 86.8 cm³/mol.